The number of aliphatic hydroxyl groups is 1. The minimum atomic E-state index is -0.916. The summed E-state index contributed by atoms with van der Waals surface area (Å²) in [7, 11) is 4.24. The molecule has 1 aromatic carbocycles. The fourth-order valence-corrected chi connectivity index (χ4v) is 2.26. The van der Waals surface area contributed by atoms with E-state index in [1.807, 2.05) is 0 Å². The van der Waals surface area contributed by atoms with Gasteiger partial charge < -0.3 is 29.2 Å². The minimum absolute atomic E-state index is 0.110. The lowest BCUT2D eigenvalue weighted by Crippen LogP contribution is -2.30. The van der Waals surface area contributed by atoms with E-state index in [2.05, 4.69) is 0 Å². The zero-order valence-corrected chi connectivity index (χ0v) is 11.6. The second-order valence-corrected chi connectivity index (χ2v) is 4.80. The highest BCUT2D eigenvalue weighted by atomic mass is 16.6. The molecule has 1 atom stereocenters. The average Bonchev–Trinajstić information content (AvgIpc) is 2.59. The summed E-state index contributed by atoms with van der Waals surface area (Å²) in [6.07, 6.45) is -0.916. The molecule has 1 heterocycles. The van der Waals surface area contributed by atoms with Crippen molar-refractivity contribution in [1.82, 2.24) is 0 Å². The Bertz CT molecular complexity index is 509. The number of aromatic hydroxyl groups is 1. The van der Waals surface area contributed by atoms with Crippen molar-refractivity contribution in [2.45, 2.75) is 25.6 Å². The Kier molecular flexibility index (Phi) is 3.14. The summed E-state index contributed by atoms with van der Waals surface area (Å²) >= 11 is 0. The van der Waals surface area contributed by atoms with Gasteiger partial charge in [-0.25, -0.2) is 0 Å². The minimum Gasteiger partial charge on any atom is -0.501 e. The Morgan fingerprint density at radius 1 is 1.00 bits per heavy atom. The van der Waals surface area contributed by atoms with Crippen molar-refractivity contribution in [2.75, 3.05) is 21.3 Å². The molecule has 19 heavy (non-hydrogen) atoms. The standard InChI is InChI=1S/C13H18O6/c1-13(2)12(15)6-8(16-3)10(17-4)7(14)11(18-5)9(6)19-13/h12,14-15H,1-5H3. The smallest absolute Gasteiger partial charge is 0.208 e. The monoisotopic (exact) mass is 270 g/mol. The number of methoxy groups -OCH3 is 3. The molecule has 0 bridgehead atoms. The van der Waals surface area contributed by atoms with Crippen LogP contribution in [0.3, 0.4) is 0 Å². The number of phenols is 1. The fourth-order valence-electron chi connectivity index (χ4n) is 2.26. The number of aliphatic hydroxyl groups excluding tert-OH is 1. The molecule has 0 saturated heterocycles. The van der Waals surface area contributed by atoms with Crippen LogP contribution in [-0.2, 0) is 0 Å². The molecule has 0 spiro atoms. The van der Waals surface area contributed by atoms with Crippen LogP contribution in [0.25, 0.3) is 0 Å². The molecule has 0 saturated carbocycles. The summed E-state index contributed by atoms with van der Waals surface area (Å²) in [4.78, 5) is 0. The summed E-state index contributed by atoms with van der Waals surface area (Å²) < 4.78 is 21.2. The van der Waals surface area contributed by atoms with Gasteiger partial charge in [0, 0.05) is 0 Å². The predicted molar refractivity (Wildman–Crippen MR) is 67.4 cm³/mol. The van der Waals surface area contributed by atoms with Crippen molar-refractivity contribution in [3.8, 4) is 28.7 Å². The molecule has 2 rings (SSSR count). The highest BCUT2D eigenvalue weighted by molar-refractivity contribution is 5.71. The van der Waals surface area contributed by atoms with Crippen LogP contribution in [0.5, 0.6) is 28.7 Å². The molecule has 6 heteroatoms. The molecule has 106 valence electrons. The van der Waals surface area contributed by atoms with Crippen LogP contribution in [0.15, 0.2) is 0 Å². The zero-order chi connectivity index (χ0) is 14.4. The first-order valence-corrected chi connectivity index (χ1v) is 5.80. The Morgan fingerprint density at radius 2 is 1.53 bits per heavy atom. The summed E-state index contributed by atoms with van der Waals surface area (Å²) in [6.45, 7) is 3.47. The molecular weight excluding hydrogens is 252 g/mol. The van der Waals surface area contributed by atoms with Gasteiger partial charge in [-0.05, 0) is 13.8 Å². The Hall–Kier alpha value is -1.82. The number of fused-ring (bicyclic) bond motifs is 1. The molecule has 1 unspecified atom stereocenters. The normalized spacial score (nSPS) is 19.6. The van der Waals surface area contributed by atoms with E-state index in [0.29, 0.717) is 5.56 Å². The molecule has 2 N–H and O–H groups in total. The summed E-state index contributed by atoms with van der Waals surface area (Å²) in [5.74, 6) is 0.533. The predicted octanol–water partition coefficient (Wildman–Crippen LogP) is 1.62. The molecule has 1 aliphatic rings. The van der Waals surface area contributed by atoms with Crippen molar-refractivity contribution in [2.24, 2.45) is 0 Å². The van der Waals surface area contributed by atoms with E-state index >= 15 is 0 Å². The zero-order valence-electron chi connectivity index (χ0n) is 11.6. The van der Waals surface area contributed by atoms with Gasteiger partial charge in [0.2, 0.25) is 17.2 Å². The summed E-state index contributed by atoms with van der Waals surface area (Å²) in [6, 6.07) is 0. The third-order valence-electron chi connectivity index (χ3n) is 3.24. The number of ether oxygens (including phenoxy) is 4. The number of phenolic OH excluding ortho intramolecular Hbond substituents is 1. The lowest BCUT2D eigenvalue weighted by molar-refractivity contribution is -0.000928. The number of rotatable bonds is 3. The van der Waals surface area contributed by atoms with Gasteiger partial charge in [0.05, 0.1) is 26.9 Å². The average molecular weight is 270 g/mol. The molecule has 0 amide bonds. The van der Waals surface area contributed by atoms with E-state index in [4.69, 9.17) is 18.9 Å². The van der Waals surface area contributed by atoms with Crippen LogP contribution in [-0.4, -0.2) is 37.1 Å². The van der Waals surface area contributed by atoms with E-state index in [1.165, 1.54) is 21.3 Å². The van der Waals surface area contributed by atoms with Gasteiger partial charge in [-0.3, -0.25) is 0 Å². The highest BCUT2D eigenvalue weighted by Crippen LogP contribution is 2.60. The van der Waals surface area contributed by atoms with Crippen molar-refractivity contribution in [3.63, 3.8) is 0 Å². The van der Waals surface area contributed by atoms with Gasteiger partial charge in [-0.1, -0.05) is 0 Å². The maximum atomic E-state index is 10.4. The quantitative estimate of drug-likeness (QED) is 0.869. The molecular formula is C13H18O6. The molecule has 0 radical (unpaired) electrons. The Balaban J connectivity index is 2.80. The first-order chi connectivity index (χ1) is 8.88. The van der Waals surface area contributed by atoms with E-state index in [0.717, 1.165) is 0 Å². The lowest BCUT2D eigenvalue weighted by Gasteiger charge is -2.21. The SMILES string of the molecule is COc1c(O)c(OC)c2c(c1OC)C(O)C(C)(C)O2. The van der Waals surface area contributed by atoms with Crippen LogP contribution in [0.1, 0.15) is 25.5 Å². The van der Waals surface area contributed by atoms with Gasteiger partial charge in [0.15, 0.2) is 11.5 Å². The summed E-state index contributed by atoms with van der Waals surface area (Å²) in [5.41, 5.74) is -0.430. The van der Waals surface area contributed by atoms with E-state index < -0.39 is 11.7 Å². The van der Waals surface area contributed by atoms with Gasteiger partial charge in [-0.2, -0.15) is 0 Å². The fraction of sp³-hybridized carbons (Fsp3) is 0.538. The van der Waals surface area contributed by atoms with Crippen LogP contribution in [0.4, 0.5) is 0 Å². The van der Waals surface area contributed by atoms with Gasteiger partial charge in [-0.15, -0.1) is 0 Å². The number of benzene rings is 1. The van der Waals surface area contributed by atoms with Crippen LogP contribution >= 0.6 is 0 Å². The van der Waals surface area contributed by atoms with Gasteiger partial charge in [0.25, 0.3) is 0 Å². The Labute approximate surface area is 111 Å². The first-order valence-electron chi connectivity index (χ1n) is 5.80. The lowest BCUT2D eigenvalue weighted by atomic mass is 9.96. The van der Waals surface area contributed by atoms with Crippen LogP contribution < -0.4 is 18.9 Å². The number of hydrogen-bond acceptors (Lipinski definition) is 6. The molecule has 0 aromatic heterocycles. The Morgan fingerprint density at radius 3 is 2.00 bits per heavy atom. The molecule has 6 nitrogen and oxygen atoms in total. The van der Waals surface area contributed by atoms with Crippen LogP contribution in [0.2, 0.25) is 0 Å². The van der Waals surface area contributed by atoms with Crippen molar-refractivity contribution in [3.05, 3.63) is 5.56 Å². The molecule has 1 aromatic rings. The third-order valence-corrected chi connectivity index (χ3v) is 3.24. The first kappa shape index (κ1) is 13.6. The maximum absolute atomic E-state index is 10.4. The van der Waals surface area contributed by atoms with Gasteiger partial charge in [0.1, 0.15) is 11.7 Å². The van der Waals surface area contributed by atoms with Crippen molar-refractivity contribution >= 4 is 0 Å². The maximum Gasteiger partial charge on any atom is 0.208 e. The second kappa shape index (κ2) is 4.38. The molecule has 0 aliphatic carbocycles. The van der Waals surface area contributed by atoms with Crippen LogP contribution in [0, 0.1) is 0 Å². The van der Waals surface area contributed by atoms with E-state index in [9.17, 15) is 10.2 Å². The molecule has 0 fully saturated rings. The van der Waals surface area contributed by atoms with E-state index in [1.54, 1.807) is 13.8 Å². The molecule has 1 aliphatic heterocycles. The largest absolute Gasteiger partial charge is 0.501 e. The highest BCUT2D eigenvalue weighted by Gasteiger charge is 2.46. The third kappa shape index (κ3) is 1.74. The van der Waals surface area contributed by atoms with Crippen molar-refractivity contribution < 1.29 is 29.2 Å². The second-order valence-electron chi connectivity index (χ2n) is 4.80. The van der Waals surface area contributed by atoms with Gasteiger partial charge >= 0.3 is 0 Å². The summed E-state index contributed by atoms with van der Waals surface area (Å²) in [5, 5.41) is 20.5. The number of hydrogen-bond donors (Lipinski definition) is 2. The topological polar surface area (TPSA) is 77.4 Å². The van der Waals surface area contributed by atoms with Crippen molar-refractivity contribution in [1.29, 1.82) is 0 Å². The van der Waals surface area contributed by atoms with E-state index in [-0.39, 0.29) is 28.7 Å².